The molecule has 0 spiro atoms. The van der Waals surface area contributed by atoms with Crippen LogP contribution in [0.1, 0.15) is 38.5 Å². The molecule has 3 N–H and O–H groups in total. The first-order valence-electron chi connectivity index (χ1n) is 6.48. The summed E-state index contributed by atoms with van der Waals surface area (Å²) in [5.41, 5.74) is 5.09. The van der Waals surface area contributed by atoms with Crippen molar-refractivity contribution in [3.05, 3.63) is 24.3 Å². The van der Waals surface area contributed by atoms with E-state index in [2.05, 4.69) is 24.3 Å². The molecule has 0 amide bonds. The Bertz CT molecular complexity index is 284. The Kier molecular flexibility index (Phi) is 3.82. The average Bonchev–Trinajstić information content (AvgIpc) is 2.30. The molecule has 0 aromatic heterocycles. The van der Waals surface area contributed by atoms with E-state index in [1.165, 1.54) is 12.8 Å². The Morgan fingerprint density at radius 3 is 2.94 bits per heavy atom. The van der Waals surface area contributed by atoms with Crippen LogP contribution < -0.4 is 5.73 Å². The Morgan fingerprint density at radius 1 is 1.38 bits per heavy atom. The molecule has 2 nitrogen and oxygen atoms in total. The third-order valence-electron chi connectivity index (χ3n) is 4.01. The van der Waals surface area contributed by atoms with Gasteiger partial charge in [0.15, 0.2) is 0 Å². The van der Waals surface area contributed by atoms with Crippen LogP contribution in [0.3, 0.4) is 0 Å². The molecule has 2 rings (SSSR count). The van der Waals surface area contributed by atoms with Crippen LogP contribution in [0.5, 0.6) is 0 Å². The zero-order chi connectivity index (χ0) is 11.4. The van der Waals surface area contributed by atoms with Gasteiger partial charge in [-0.05, 0) is 37.5 Å². The van der Waals surface area contributed by atoms with E-state index in [1.54, 1.807) is 0 Å². The first-order valence-corrected chi connectivity index (χ1v) is 6.48. The van der Waals surface area contributed by atoms with Crippen molar-refractivity contribution < 1.29 is 5.11 Å². The third-order valence-corrected chi connectivity index (χ3v) is 4.01. The lowest BCUT2D eigenvalue weighted by Gasteiger charge is -2.37. The Labute approximate surface area is 98.2 Å². The summed E-state index contributed by atoms with van der Waals surface area (Å²) in [6, 6.07) is 0. The Balaban J connectivity index is 1.85. The predicted octanol–water partition coefficient (Wildman–Crippen LogP) is 2.39. The van der Waals surface area contributed by atoms with Crippen LogP contribution in [0.15, 0.2) is 24.3 Å². The number of rotatable bonds is 3. The summed E-state index contributed by atoms with van der Waals surface area (Å²) in [7, 11) is 0. The topological polar surface area (TPSA) is 46.2 Å². The van der Waals surface area contributed by atoms with Gasteiger partial charge in [-0.15, -0.1) is 0 Å². The summed E-state index contributed by atoms with van der Waals surface area (Å²) in [5, 5.41) is 10.2. The lowest BCUT2D eigenvalue weighted by Crippen LogP contribution is -2.42. The molecule has 0 heterocycles. The highest BCUT2D eigenvalue weighted by Gasteiger charge is 2.33. The van der Waals surface area contributed by atoms with Gasteiger partial charge in [0.05, 0.1) is 5.60 Å². The molecule has 1 saturated carbocycles. The molecule has 3 atom stereocenters. The van der Waals surface area contributed by atoms with Gasteiger partial charge >= 0.3 is 0 Å². The fourth-order valence-electron chi connectivity index (χ4n) is 3.08. The molecule has 0 aliphatic heterocycles. The predicted molar refractivity (Wildman–Crippen MR) is 67.0 cm³/mol. The smallest absolute Gasteiger partial charge is 0.0772 e. The molecule has 0 aromatic rings. The van der Waals surface area contributed by atoms with Crippen molar-refractivity contribution in [2.45, 2.75) is 44.1 Å². The minimum Gasteiger partial charge on any atom is -0.389 e. The van der Waals surface area contributed by atoms with E-state index in [0.717, 1.165) is 25.7 Å². The van der Waals surface area contributed by atoms with Gasteiger partial charge < -0.3 is 10.8 Å². The van der Waals surface area contributed by atoms with Gasteiger partial charge in [0.25, 0.3) is 0 Å². The molecule has 90 valence electrons. The van der Waals surface area contributed by atoms with Gasteiger partial charge in [-0.1, -0.05) is 37.1 Å². The number of nitrogens with two attached hydrogens (primary N) is 1. The van der Waals surface area contributed by atoms with Gasteiger partial charge in [-0.3, -0.25) is 0 Å². The van der Waals surface area contributed by atoms with E-state index in [0.29, 0.717) is 18.4 Å². The first kappa shape index (κ1) is 11.9. The van der Waals surface area contributed by atoms with Crippen molar-refractivity contribution in [1.29, 1.82) is 0 Å². The van der Waals surface area contributed by atoms with Gasteiger partial charge in [0, 0.05) is 6.54 Å². The quantitative estimate of drug-likeness (QED) is 0.768. The highest BCUT2D eigenvalue weighted by molar-refractivity contribution is 5.11. The zero-order valence-electron chi connectivity index (χ0n) is 9.94. The first-order chi connectivity index (χ1) is 7.72. The lowest BCUT2D eigenvalue weighted by atomic mass is 9.74. The summed E-state index contributed by atoms with van der Waals surface area (Å²) in [5.74, 6) is 1.33. The van der Waals surface area contributed by atoms with Crippen LogP contribution in [-0.2, 0) is 0 Å². The molecule has 1 fully saturated rings. The number of aliphatic hydroxyl groups is 1. The second kappa shape index (κ2) is 5.15. The van der Waals surface area contributed by atoms with Crippen LogP contribution in [-0.4, -0.2) is 17.3 Å². The zero-order valence-corrected chi connectivity index (χ0v) is 9.94. The van der Waals surface area contributed by atoms with Crippen molar-refractivity contribution in [3.63, 3.8) is 0 Å². The standard InChI is InChI=1S/C14H23NO/c15-11-14(16)8-4-7-13(10-14)9-12-5-2-1-3-6-12/h1-3,5,12-13,16H,4,6-11,15H2/t12?,13-,14-/m0/s1. The summed E-state index contributed by atoms with van der Waals surface area (Å²) in [6.45, 7) is 0.421. The maximum absolute atomic E-state index is 10.2. The van der Waals surface area contributed by atoms with Crippen molar-refractivity contribution in [2.24, 2.45) is 17.6 Å². The maximum Gasteiger partial charge on any atom is 0.0772 e. The average molecular weight is 221 g/mol. The second-order valence-electron chi connectivity index (χ2n) is 5.44. The van der Waals surface area contributed by atoms with E-state index in [4.69, 9.17) is 5.73 Å². The molecule has 0 bridgehead atoms. The van der Waals surface area contributed by atoms with Crippen molar-refractivity contribution in [3.8, 4) is 0 Å². The van der Waals surface area contributed by atoms with Gasteiger partial charge in [0.2, 0.25) is 0 Å². The van der Waals surface area contributed by atoms with Gasteiger partial charge in [-0.25, -0.2) is 0 Å². The van der Waals surface area contributed by atoms with Crippen LogP contribution >= 0.6 is 0 Å². The number of allylic oxidation sites excluding steroid dienone is 4. The van der Waals surface area contributed by atoms with Crippen LogP contribution in [0.4, 0.5) is 0 Å². The minimum absolute atomic E-state index is 0.421. The van der Waals surface area contributed by atoms with Gasteiger partial charge in [-0.2, -0.15) is 0 Å². The molecule has 0 radical (unpaired) electrons. The van der Waals surface area contributed by atoms with E-state index in [-0.39, 0.29) is 0 Å². The van der Waals surface area contributed by atoms with Crippen LogP contribution in [0.2, 0.25) is 0 Å². The second-order valence-corrected chi connectivity index (χ2v) is 5.44. The highest BCUT2D eigenvalue weighted by Crippen LogP contribution is 2.36. The number of hydrogen-bond acceptors (Lipinski definition) is 2. The van der Waals surface area contributed by atoms with Crippen LogP contribution in [0, 0.1) is 11.8 Å². The van der Waals surface area contributed by atoms with Crippen LogP contribution in [0.25, 0.3) is 0 Å². The summed E-state index contributed by atoms with van der Waals surface area (Å²) >= 11 is 0. The SMILES string of the molecule is NC[C@]1(O)CCC[C@@H](CC2C=CC=CC2)C1. The monoisotopic (exact) mass is 221 g/mol. The molecule has 2 heteroatoms. The van der Waals surface area contributed by atoms with Crippen molar-refractivity contribution >= 4 is 0 Å². The molecule has 0 aromatic carbocycles. The Morgan fingerprint density at radius 2 is 2.25 bits per heavy atom. The molecule has 1 unspecified atom stereocenters. The van der Waals surface area contributed by atoms with E-state index >= 15 is 0 Å². The summed E-state index contributed by atoms with van der Waals surface area (Å²) in [6.07, 6.45) is 15.4. The van der Waals surface area contributed by atoms with Crippen molar-refractivity contribution in [1.82, 2.24) is 0 Å². The molecule has 16 heavy (non-hydrogen) atoms. The maximum atomic E-state index is 10.2. The van der Waals surface area contributed by atoms with E-state index < -0.39 is 5.60 Å². The summed E-state index contributed by atoms with van der Waals surface area (Å²) < 4.78 is 0. The van der Waals surface area contributed by atoms with Gasteiger partial charge in [0.1, 0.15) is 0 Å². The number of hydrogen-bond donors (Lipinski definition) is 2. The fraction of sp³-hybridized carbons (Fsp3) is 0.714. The Hall–Kier alpha value is -0.600. The van der Waals surface area contributed by atoms with E-state index in [9.17, 15) is 5.11 Å². The fourth-order valence-corrected chi connectivity index (χ4v) is 3.08. The molecule has 2 aliphatic rings. The largest absolute Gasteiger partial charge is 0.389 e. The highest BCUT2D eigenvalue weighted by atomic mass is 16.3. The third kappa shape index (κ3) is 2.96. The molecule has 0 saturated heterocycles. The minimum atomic E-state index is -0.572. The molecule has 2 aliphatic carbocycles. The van der Waals surface area contributed by atoms with Crippen molar-refractivity contribution in [2.75, 3.05) is 6.54 Å². The summed E-state index contributed by atoms with van der Waals surface area (Å²) in [4.78, 5) is 0. The lowest BCUT2D eigenvalue weighted by molar-refractivity contribution is -0.0110. The van der Waals surface area contributed by atoms with E-state index in [1.807, 2.05) is 0 Å². The normalized spacial score (nSPS) is 38.9. The molecular weight excluding hydrogens is 198 g/mol. The molecular formula is C14H23NO.